The van der Waals surface area contributed by atoms with E-state index in [1.165, 1.54) is 18.1 Å². The van der Waals surface area contributed by atoms with Gasteiger partial charge < -0.3 is 5.32 Å². The highest BCUT2D eigenvalue weighted by Crippen LogP contribution is 2.18. The minimum atomic E-state index is -0.118. The molecule has 114 valence electrons. The summed E-state index contributed by atoms with van der Waals surface area (Å²) in [5.74, 6) is 1.27. The third-order valence-electron chi connectivity index (χ3n) is 3.28. The topological polar surface area (TPSA) is 46.2 Å². The highest BCUT2D eigenvalue weighted by atomic mass is 32.2. The highest BCUT2D eigenvalue weighted by Gasteiger charge is 2.07. The summed E-state index contributed by atoms with van der Waals surface area (Å²) in [5, 5.41) is 2.69. The average molecular weight is 313 g/mol. The maximum absolute atomic E-state index is 12.1. The lowest BCUT2D eigenvalue weighted by atomic mass is 10.1. The van der Waals surface area contributed by atoms with E-state index >= 15 is 0 Å². The van der Waals surface area contributed by atoms with E-state index in [-0.39, 0.29) is 11.7 Å². The standard InChI is InChI=1S/C18H19NO2S/c1-13-5-3-4-6-16(13)11-22-12-18(21)15-7-9-17(10-8-15)19-14(2)20/h3-10H,11-12H2,1-2H3,(H,19,20). The van der Waals surface area contributed by atoms with Gasteiger partial charge in [0.15, 0.2) is 5.78 Å². The van der Waals surface area contributed by atoms with Gasteiger partial charge in [0.2, 0.25) is 5.91 Å². The number of hydrogen-bond acceptors (Lipinski definition) is 3. The molecule has 0 aliphatic carbocycles. The van der Waals surface area contributed by atoms with Gasteiger partial charge in [0.1, 0.15) is 0 Å². The number of rotatable bonds is 6. The summed E-state index contributed by atoms with van der Waals surface area (Å²) >= 11 is 1.62. The number of amides is 1. The van der Waals surface area contributed by atoms with Gasteiger partial charge in [0.25, 0.3) is 0 Å². The molecule has 2 aromatic rings. The van der Waals surface area contributed by atoms with Crippen LogP contribution in [0.4, 0.5) is 5.69 Å². The van der Waals surface area contributed by atoms with Crippen LogP contribution in [0, 0.1) is 6.92 Å². The van der Waals surface area contributed by atoms with E-state index < -0.39 is 0 Å². The molecule has 2 aromatic carbocycles. The zero-order valence-corrected chi connectivity index (χ0v) is 13.6. The molecule has 1 amide bonds. The maximum atomic E-state index is 12.1. The Bertz CT molecular complexity index is 665. The van der Waals surface area contributed by atoms with Crippen molar-refractivity contribution in [2.45, 2.75) is 19.6 Å². The van der Waals surface area contributed by atoms with Gasteiger partial charge in [-0.05, 0) is 42.3 Å². The van der Waals surface area contributed by atoms with Gasteiger partial charge >= 0.3 is 0 Å². The number of thioether (sulfide) groups is 1. The highest BCUT2D eigenvalue weighted by molar-refractivity contribution is 7.99. The molecule has 0 aromatic heterocycles. The van der Waals surface area contributed by atoms with E-state index in [4.69, 9.17) is 0 Å². The van der Waals surface area contributed by atoms with Crippen molar-refractivity contribution >= 4 is 29.1 Å². The predicted molar refractivity (Wildman–Crippen MR) is 92.4 cm³/mol. The van der Waals surface area contributed by atoms with Gasteiger partial charge in [-0.15, -0.1) is 11.8 Å². The van der Waals surface area contributed by atoms with Crippen LogP contribution >= 0.6 is 11.8 Å². The van der Waals surface area contributed by atoms with Crippen molar-refractivity contribution in [1.29, 1.82) is 0 Å². The SMILES string of the molecule is CC(=O)Nc1ccc(C(=O)CSCc2ccccc2C)cc1. The van der Waals surface area contributed by atoms with Crippen LogP contribution in [0.2, 0.25) is 0 Å². The summed E-state index contributed by atoms with van der Waals surface area (Å²) in [7, 11) is 0. The smallest absolute Gasteiger partial charge is 0.221 e. The van der Waals surface area contributed by atoms with Gasteiger partial charge in [0.05, 0.1) is 5.75 Å². The Morgan fingerprint density at radius 1 is 1.05 bits per heavy atom. The average Bonchev–Trinajstić information content (AvgIpc) is 2.49. The van der Waals surface area contributed by atoms with Crippen molar-refractivity contribution < 1.29 is 9.59 Å². The number of benzene rings is 2. The molecule has 0 unspecified atom stereocenters. The third kappa shape index (κ3) is 4.74. The molecule has 0 aliphatic heterocycles. The van der Waals surface area contributed by atoms with E-state index in [2.05, 4.69) is 24.4 Å². The van der Waals surface area contributed by atoms with Gasteiger partial charge in [-0.3, -0.25) is 9.59 Å². The number of hydrogen-bond donors (Lipinski definition) is 1. The first kappa shape index (κ1) is 16.3. The first-order chi connectivity index (χ1) is 10.6. The quantitative estimate of drug-likeness (QED) is 0.818. The zero-order chi connectivity index (χ0) is 15.9. The Morgan fingerprint density at radius 2 is 1.73 bits per heavy atom. The lowest BCUT2D eigenvalue weighted by Crippen LogP contribution is -2.07. The molecular formula is C18H19NO2S. The molecule has 0 atom stereocenters. The Labute approximate surface area is 135 Å². The molecule has 1 N–H and O–H groups in total. The van der Waals surface area contributed by atoms with Gasteiger partial charge in [-0.2, -0.15) is 0 Å². The van der Waals surface area contributed by atoms with Gasteiger partial charge in [0, 0.05) is 23.9 Å². The van der Waals surface area contributed by atoms with Crippen molar-refractivity contribution in [2.75, 3.05) is 11.1 Å². The Hall–Kier alpha value is -2.07. The van der Waals surface area contributed by atoms with Crippen molar-refractivity contribution in [3.8, 4) is 0 Å². The molecule has 3 nitrogen and oxygen atoms in total. The molecule has 0 bridgehead atoms. The lowest BCUT2D eigenvalue weighted by molar-refractivity contribution is -0.114. The van der Waals surface area contributed by atoms with Crippen molar-refractivity contribution in [3.63, 3.8) is 0 Å². The first-order valence-electron chi connectivity index (χ1n) is 7.09. The molecule has 22 heavy (non-hydrogen) atoms. The van der Waals surface area contributed by atoms with Crippen LogP contribution < -0.4 is 5.32 Å². The molecule has 0 saturated heterocycles. The summed E-state index contributed by atoms with van der Waals surface area (Å²) in [4.78, 5) is 23.1. The summed E-state index contributed by atoms with van der Waals surface area (Å²) < 4.78 is 0. The van der Waals surface area contributed by atoms with E-state index in [0.717, 1.165) is 5.75 Å². The Balaban J connectivity index is 1.87. The normalized spacial score (nSPS) is 10.3. The largest absolute Gasteiger partial charge is 0.326 e. The van der Waals surface area contributed by atoms with Crippen LogP contribution in [0.25, 0.3) is 0 Å². The second-order valence-corrected chi connectivity index (χ2v) is 6.09. The van der Waals surface area contributed by atoms with Crippen LogP contribution in [0.1, 0.15) is 28.4 Å². The summed E-state index contributed by atoms with van der Waals surface area (Å²) in [6, 6.07) is 15.2. The lowest BCUT2D eigenvalue weighted by Gasteiger charge is -2.06. The zero-order valence-electron chi connectivity index (χ0n) is 12.8. The Kier molecular flexibility index (Phi) is 5.78. The fourth-order valence-electron chi connectivity index (χ4n) is 2.05. The van der Waals surface area contributed by atoms with Gasteiger partial charge in [-0.25, -0.2) is 0 Å². The Morgan fingerprint density at radius 3 is 2.36 bits per heavy atom. The number of ketones is 1. The fraction of sp³-hybridized carbons (Fsp3) is 0.222. The van der Waals surface area contributed by atoms with Crippen LogP contribution in [0.3, 0.4) is 0 Å². The van der Waals surface area contributed by atoms with Crippen LogP contribution in [-0.4, -0.2) is 17.4 Å². The third-order valence-corrected chi connectivity index (χ3v) is 4.26. The molecule has 4 heteroatoms. The predicted octanol–water partition coefficient (Wildman–Crippen LogP) is 4.07. The minimum absolute atomic E-state index is 0.105. The molecule has 0 heterocycles. The molecule has 2 rings (SSSR count). The summed E-state index contributed by atoms with van der Waals surface area (Å²) in [6.45, 7) is 3.54. The van der Waals surface area contributed by atoms with E-state index in [1.54, 1.807) is 36.0 Å². The maximum Gasteiger partial charge on any atom is 0.221 e. The second kappa shape index (κ2) is 7.80. The van der Waals surface area contributed by atoms with Crippen LogP contribution in [0.15, 0.2) is 48.5 Å². The van der Waals surface area contributed by atoms with Crippen molar-refractivity contribution in [2.24, 2.45) is 0 Å². The summed E-state index contributed by atoms with van der Waals surface area (Å²) in [6.07, 6.45) is 0. The first-order valence-corrected chi connectivity index (χ1v) is 8.25. The summed E-state index contributed by atoms with van der Waals surface area (Å²) in [5.41, 5.74) is 3.89. The van der Waals surface area contributed by atoms with Gasteiger partial charge in [-0.1, -0.05) is 24.3 Å². The molecule has 0 radical (unpaired) electrons. The van der Waals surface area contributed by atoms with E-state index in [0.29, 0.717) is 17.0 Å². The van der Waals surface area contributed by atoms with Crippen molar-refractivity contribution in [1.82, 2.24) is 0 Å². The number of carbonyl (C=O) groups excluding carboxylic acids is 2. The molecule has 0 aliphatic rings. The second-order valence-electron chi connectivity index (χ2n) is 5.10. The van der Waals surface area contributed by atoms with E-state index in [1.807, 2.05) is 12.1 Å². The molecular weight excluding hydrogens is 294 g/mol. The number of aryl methyl sites for hydroxylation is 1. The molecule has 0 fully saturated rings. The number of carbonyl (C=O) groups is 2. The van der Waals surface area contributed by atoms with Crippen LogP contribution in [0.5, 0.6) is 0 Å². The number of Topliss-reactive ketones (excluding diaryl/α,β-unsaturated/α-hetero) is 1. The van der Waals surface area contributed by atoms with Crippen molar-refractivity contribution in [3.05, 3.63) is 65.2 Å². The monoisotopic (exact) mass is 313 g/mol. The number of anilines is 1. The minimum Gasteiger partial charge on any atom is -0.326 e. The molecule has 0 spiro atoms. The fourth-order valence-corrected chi connectivity index (χ4v) is 3.05. The molecule has 0 saturated carbocycles. The number of nitrogens with one attached hydrogen (secondary N) is 1. The van der Waals surface area contributed by atoms with E-state index in [9.17, 15) is 9.59 Å². The van der Waals surface area contributed by atoms with Crippen LogP contribution in [-0.2, 0) is 10.5 Å².